The molecule has 0 aliphatic carbocycles. The molecule has 0 aliphatic heterocycles. The van der Waals surface area contributed by atoms with Crippen LogP contribution >= 0.6 is 0 Å². The van der Waals surface area contributed by atoms with Crippen LogP contribution in [-0.2, 0) is 16.2 Å². The van der Waals surface area contributed by atoms with Gasteiger partial charge in [0.25, 0.3) is 11.5 Å². The minimum absolute atomic E-state index is 0.0335. The fourth-order valence-corrected chi connectivity index (χ4v) is 3.95. The first kappa shape index (κ1) is 24.5. The third kappa shape index (κ3) is 6.27. The number of hydrogen-bond donors (Lipinski definition) is 1. The van der Waals surface area contributed by atoms with Gasteiger partial charge in [-0.1, -0.05) is 72.8 Å². The summed E-state index contributed by atoms with van der Waals surface area (Å²) in [7, 11) is 0. The van der Waals surface area contributed by atoms with Crippen molar-refractivity contribution in [2.45, 2.75) is 19.4 Å². The van der Waals surface area contributed by atoms with Crippen molar-refractivity contribution < 1.29 is 19.4 Å². The largest absolute Gasteiger partial charge is 0.352 e. The van der Waals surface area contributed by atoms with Crippen LogP contribution in [0.1, 0.15) is 39.9 Å². The molecule has 0 fully saturated rings. The van der Waals surface area contributed by atoms with E-state index in [2.05, 4.69) is 34.5 Å². The number of hydrogen-bond acceptors (Lipinski definition) is 5. The standard InChI is InChI=1S/C29H26N2O5/c1-21(32)35-36-26-14-8-13-24(19-26)29(34)30-17-18-31-20-25(15-16-27(31)33)28(22-9-4-2-5-10-22)23-11-6-3-7-12-23/h2-16,19-20,28H,17-18H2,1H3,(H,30,34). The van der Waals surface area contributed by atoms with Gasteiger partial charge in [-0.2, -0.15) is 0 Å². The van der Waals surface area contributed by atoms with Crippen molar-refractivity contribution in [1.82, 2.24) is 9.88 Å². The lowest BCUT2D eigenvalue weighted by Gasteiger charge is -2.20. The van der Waals surface area contributed by atoms with Gasteiger partial charge in [-0.25, -0.2) is 4.79 Å². The van der Waals surface area contributed by atoms with E-state index in [0.717, 1.165) is 16.7 Å². The molecule has 1 heterocycles. The van der Waals surface area contributed by atoms with Gasteiger partial charge in [0.15, 0.2) is 5.75 Å². The Labute approximate surface area is 208 Å². The molecule has 1 N–H and O–H groups in total. The van der Waals surface area contributed by atoms with Crippen molar-refractivity contribution in [2.24, 2.45) is 0 Å². The summed E-state index contributed by atoms with van der Waals surface area (Å²) in [5.41, 5.74) is 3.42. The molecule has 0 radical (unpaired) electrons. The van der Waals surface area contributed by atoms with E-state index in [1.54, 1.807) is 28.8 Å². The molecule has 7 nitrogen and oxygen atoms in total. The highest BCUT2D eigenvalue weighted by molar-refractivity contribution is 5.94. The minimum atomic E-state index is -0.598. The number of amides is 1. The summed E-state index contributed by atoms with van der Waals surface area (Å²) in [5, 5.41) is 2.82. The second-order valence-electron chi connectivity index (χ2n) is 8.19. The fourth-order valence-electron chi connectivity index (χ4n) is 3.95. The van der Waals surface area contributed by atoms with Crippen molar-refractivity contribution in [3.8, 4) is 5.75 Å². The van der Waals surface area contributed by atoms with Crippen LogP contribution in [0.15, 0.2) is 108 Å². The van der Waals surface area contributed by atoms with Crippen molar-refractivity contribution in [3.05, 3.63) is 136 Å². The SMILES string of the molecule is CC(=O)OOc1cccc(C(=O)NCCn2cc(C(c3ccccc3)c3ccccc3)ccc2=O)c1. The van der Waals surface area contributed by atoms with E-state index in [0.29, 0.717) is 12.1 Å². The lowest BCUT2D eigenvalue weighted by molar-refractivity contribution is -0.210. The zero-order valence-corrected chi connectivity index (χ0v) is 19.8. The van der Waals surface area contributed by atoms with Crippen molar-refractivity contribution in [2.75, 3.05) is 6.54 Å². The zero-order chi connectivity index (χ0) is 25.3. The Hall–Kier alpha value is -4.65. The first-order chi connectivity index (χ1) is 17.5. The van der Waals surface area contributed by atoms with Gasteiger partial charge in [-0.3, -0.25) is 19.4 Å². The lowest BCUT2D eigenvalue weighted by Crippen LogP contribution is -2.30. The molecule has 182 valence electrons. The van der Waals surface area contributed by atoms with Gasteiger partial charge in [0.2, 0.25) is 0 Å². The molecule has 0 bridgehead atoms. The number of carbonyl (C=O) groups is 2. The molecule has 1 amide bonds. The highest BCUT2D eigenvalue weighted by Crippen LogP contribution is 2.31. The summed E-state index contributed by atoms with van der Waals surface area (Å²) in [4.78, 5) is 45.5. The quantitative estimate of drug-likeness (QED) is 0.284. The maximum Gasteiger partial charge on any atom is 0.352 e. The van der Waals surface area contributed by atoms with Crippen LogP contribution in [0.4, 0.5) is 0 Å². The number of nitrogens with zero attached hydrogens (tertiary/aromatic N) is 1. The highest BCUT2D eigenvalue weighted by atomic mass is 17.2. The Kier molecular flexibility index (Phi) is 7.93. The van der Waals surface area contributed by atoms with Crippen LogP contribution < -0.4 is 15.8 Å². The summed E-state index contributed by atoms with van der Waals surface area (Å²) in [6.45, 7) is 1.77. The van der Waals surface area contributed by atoms with Gasteiger partial charge in [0, 0.05) is 43.8 Å². The molecule has 7 heteroatoms. The average molecular weight is 483 g/mol. The third-order valence-corrected chi connectivity index (χ3v) is 5.60. The highest BCUT2D eigenvalue weighted by Gasteiger charge is 2.17. The van der Waals surface area contributed by atoms with Crippen LogP contribution in [0, 0.1) is 0 Å². The van der Waals surface area contributed by atoms with E-state index >= 15 is 0 Å². The van der Waals surface area contributed by atoms with Gasteiger partial charge < -0.3 is 9.88 Å². The van der Waals surface area contributed by atoms with Crippen LogP contribution in [0.25, 0.3) is 0 Å². The maximum atomic E-state index is 12.6. The number of nitrogens with one attached hydrogen (secondary N) is 1. The monoisotopic (exact) mass is 482 g/mol. The van der Waals surface area contributed by atoms with Gasteiger partial charge in [0.1, 0.15) is 0 Å². The molecule has 4 aromatic rings. The smallest absolute Gasteiger partial charge is 0.350 e. The van der Waals surface area contributed by atoms with Gasteiger partial charge in [-0.15, -0.1) is 0 Å². The zero-order valence-electron chi connectivity index (χ0n) is 19.8. The van der Waals surface area contributed by atoms with E-state index in [9.17, 15) is 14.4 Å². The van der Waals surface area contributed by atoms with Crippen LogP contribution in [-0.4, -0.2) is 23.0 Å². The Morgan fingerprint density at radius 3 is 2.14 bits per heavy atom. The summed E-state index contributed by atoms with van der Waals surface area (Å²) in [6.07, 6.45) is 1.85. The number of rotatable bonds is 9. The molecule has 4 rings (SSSR count). The summed E-state index contributed by atoms with van der Waals surface area (Å²) < 4.78 is 1.61. The van der Waals surface area contributed by atoms with E-state index in [4.69, 9.17) is 4.89 Å². The Morgan fingerprint density at radius 1 is 0.833 bits per heavy atom. The fraction of sp³-hybridized carbons (Fsp3) is 0.138. The molecule has 0 saturated carbocycles. The lowest BCUT2D eigenvalue weighted by atomic mass is 9.86. The van der Waals surface area contributed by atoms with Crippen molar-refractivity contribution in [1.29, 1.82) is 0 Å². The second-order valence-corrected chi connectivity index (χ2v) is 8.19. The molecule has 0 unspecified atom stereocenters. The number of carbonyl (C=O) groups excluding carboxylic acids is 2. The Balaban J connectivity index is 1.48. The molecule has 1 aromatic heterocycles. The molecule has 0 spiro atoms. The van der Waals surface area contributed by atoms with Crippen LogP contribution in [0.3, 0.4) is 0 Å². The molecule has 36 heavy (non-hydrogen) atoms. The Morgan fingerprint density at radius 2 is 1.50 bits per heavy atom. The first-order valence-corrected chi connectivity index (χ1v) is 11.5. The minimum Gasteiger partial charge on any atom is -0.350 e. The predicted molar refractivity (Wildman–Crippen MR) is 136 cm³/mol. The van der Waals surface area contributed by atoms with Gasteiger partial charge in [-0.05, 0) is 34.9 Å². The van der Waals surface area contributed by atoms with Crippen LogP contribution in [0.5, 0.6) is 5.75 Å². The Bertz CT molecular complexity index is 1340. The first-order valence-electron chi connectivity index (χ1n) is 11.5. The maximum absolute atomic E-state index is 12.6. The van der Waals surface area contributed by atoms with Crippen molar-refractivity contribution in [3.63, 3.8) is 0 Å². The molecule has 0 aliphatic rings. The third-order valence-electron chi connectivity index (χ3n) is 5.60. The molecular weight excluding hydrogens is 456 g/mol. The van der Waals surface area contributed by atoms with E-state index < -0.39 is 5.97 Å². The predicted octanol–water partition coefficient (Wildman–Crippen LogP) is 4.32. The summed E-state index contributed by atoms with van der Waals surface area (Å²) in [5.74, 6) is -0.735. The second kappa shape index (κ2) is 11.7. The van der Waals surface area contributed by atoms with Gasteiger partial charge >= 0.3 is 5.97 Å². The number of aromatic nitrogens is 1. The normalized spacial score (nSPS) is 10.6. The van der Waals surface area contributed by atoms with Gasteiger partial charge in [0.05, 0.1) is 0 Å². The number of benzene rings is 3. The van der Waals surface area contributed by atoms with Crippen LogP contribution in [0.2, 0.25) is 0 Å². The topological polar surface area (TPSA) is 86.6 Å². The van der Waals surface area contributed by atoms with E-state index in [1.165, 1.54) is 13.0 Å². The number of pyridine rings is 1. The molecular formula is C29H26N2O5. The molecule has 0 saturated heterocycles. The van der Waals surface area contributed by atoms with E-state index in [-0.39, 0.29) is 29.7 Å². The van der Waals surface area contributed by atoms with Crippen molar-refractivity contribution >= 4 is 11.9 Å². The summed E-state index contributed by atoms with van der Waals surface area (Å²) >= 11 is 0. The average Bonchev–Trinajstić information content (AvgIpc) is 2.90. The molecule has 0 atom stereocenters. The molecule has 3 aromatic carbocycles. The van der Waals surface area contributed by atoms with E-state index in [1.807, 2.05) is 48.7 Å². The summed E-state index contributed by atoms with van der Waals surface area (Å²) in [6, 6.07) is 30.0.